The Kier molecular flexibility index (Phi) is 4.93. The molecular formula is C13H10N4O7S. The number of phenols is 1. The van der Waals surface area contributed by atoms with Gasteiger partial charge in [-0.3, -0.25) is 20.2 Å². The summed E-state index contributed by atoms with van der Waals surface area (Å²) in [5, 5.41) is 34.2. The maximum atomic E-state index is 12.0. The molecule has 0 radical (unpaired) electrons. The molecule has 0 aliphatic carbocycles. The molecule has 25 heavy (non-hydrogen) atoms. The van der Waals surface area contributed by atoms with Gasteiger partial charge in [0, 0.05) is 29.8 Å². The minimum Gasteiger partial charge on any atom is -0.507 e. The van der Waals surface area contributed by atoms with Crippen LogP contribution in [0, 0.1) is 20.2 Å². The molecule has 0 aliphatic rings. The van der Waals surface area contributed by atoms with E-state index in [1.54, 1.807) is 0 Å². The fraction of sp³-hybridized carbons (Fsp3) is 0. The molecule has 0 saturated carbocycles. The summed E-state index contributed by atoms with van der Waals surface area (Å²) in [5.74, 6) is -0.330. The van der Waals surface area contributed by atoms with Crippen molar-refractivity contribution >= 4 is 27.6 Å². The van der Waals surface area contributed by atoms with Gasteiger partial charge in [0.2, 0.25) is 0 Å². The fourth-order valence-corrected chi connectivity index (χ4v) is 2.52. The molecule has 0 atom stereocenters. The van der Waals surface area contributed by atoms with Crippen molar-refractivity contribution in [3.8, 4) is 5.75 Å². The Balaban J connectivity index is 2.19. The summed E-state index contributed by atoms with van der Waals surface area (Å²) < 4.78 is 24.0. The first kappa shape index (κ1) is 17.8. The number of phenolic OH excluding ortho intramolecular Hbond substituents is 1. The van der Waals surface area contributed by atoms with Crippen LogP contribution >= 0.6 is 0 Å². The second-order valence-corrected chi connectivity index (χ2v) is 6.27. The standard InChI is InChI=1S/C13H10N4O7S/c18-13-6-3-11(17(21)22)7-9(13)8-14-15-25(23,24)12-4-1-10(2-5-12)16(19)20/h1-8,15,18H. The van der Waals surface area contributed by atoms with E-state index in [9.17, 15) is 33.8 Å². The highest BCUT2D eigenvalue weighted by atomic mass is 32.2. The molecule has 0 heterocycles. The molecule has 130 valence electrons. The number of aromatic hydroxyl groups is 1. The van der Waals surface area contributed by atoms with Gasteiger partial charge in [0.05, 0.1) is 21.0 Å². The second kappa shape index (κ2) is 6.92. The molecule has 0 aliphatic heterocycles. The van der Waals surface area contributed by atoms with Gasteiger partial charge in [0.1, 0.15) is 5.75 Å². The lowest BCUT2D eigenvalue weighted by atomic mass is 10.2. The second-order valence-electron chi connectivity index (χ2n) is 4.60. The van der Waals surface area contributed by atoms with Gasteiger partial charge in [0.25, 0.3) is 21.4 Å². The third-order valence-corrected chi connectivity index (χ3v) is 4.19. The molecule has 2 rings (SSSR count). The number of nitrogens with zero attached hydrogens (tertiary/aromatic N) is 3. The van der Waals surface area contributed by atoms with Crippen LogP contribution in [0.5, 0.6) is 5.75 Å². The van der Waals surface area contributed by atoms with Crippen molar-refractivity contribution in [2.24, 2.45) is 5.10 Å². The van der Waals surface area contributed by atoms with Gasteiger partial charge in [-0.1, -0.05) is 0 Å². The number of hydrogen-bond donors (Lipinski definition) is 2. The van der Waals surface area contributed by atoms with Crippen LogP contribution in [0.3, 0.4) is 0 Å². The van der Waals surface area contributed by atoms with E-state index in [1.807, 2.05) is 4.83 Å². The first-order chi connectivity index (χ1) is 11.7. The quantitative estimate of drug-likeness (QED) is 0.444. The fourth-order valence-electron chi connectivity index (χ4n) is 1.72. The minimum absolute atomic E-state index is 0.0689. The molecule has 2 aromatic rings. The summed E-state index contributed by atoms with van der Waals surface area (Å²) in [7, 11) is -4.10. The van der Waals surface area contributed by atoms with Crippen LogP contribution in [0.4, 0.5) is 11.4 Å². The predicted molar refractivity (Wildman–Crippen MR) is 85.8 cm³/mol. The molecule has 0 spiro atoms. The van der Waals surface area contributed by atoms with Crippen molar-refractivity contribution in [2.75, 3.05) is 0 Å². The van der Waals surface area contributed by atoms with E-state index < -0.39 is 19.9 Å². The number of benzene rings is 2. The third kappa shape index (κ3) is 4.26. The first-order valence-corrected chi connectivity index (χ1v) is 7.96. The van der Waals surface area contributed by atoms with Gasteiger partial charge in [-0.25, -0.2) is 4.83 Å². The van der Waals surface area contributed by atoms with Crippen LogP contribution in [0.15, 0.2) is 52.5 Å². The summed E-state index contributed by atoms with van der Waals surface area (Å²) in [6, 6.07) is 7.26. The maximum absolute atomic E-state index is 12.0. The molecule has 0 fully saturated rings. The van der Waals surface area contributed by atoms with Crippen molar-refractivity contribution in [2.45, 2.75) is 4.90 Å². The lowest BCUT2D eigenvalue weighted by Gasteiger charge is -2.03. The van der Waals surface area contributed by atoms with Crippen LogP contribution in [-0.2, 0) is 10.0 Å². The molecule has 2 N–H and O–H groups in total. The van der Waals surface area contributed by atoms with Crippen molar-refractivity contribution < 1.29 is 23.4 Å². The van der Waals surface area contributed by atoms with E-state index in [0.29, 0.717) is 0 Å². The summed E-state index contributed by atoms with van der Waals surface area (Å²) in [6.45, 7) is 0. The van der Waals surface area contributed by atoms with E-state index in [2.05, 4.69) is 5.10 Å². The number of hydrazone groups is 1. The molecule has 0 amide bonds. The van der Waals surface area contributed by atoms with E-state index >= 15 is 0 Å². The summed E-state index contributed by atoms with van der Waals surface area (Å²) >= 11 is 0. The Morgan fingerprint density at radius 1 is 1.00 bits per heavy atom. The zero-order chi connectivity index (χ0) is 18.6. The number of nitro benzene ring substituents is 2. The predicted octanol–water partition coefficient (Wildman–Crippen LogP) is 1.52. The largest absolute Gasteiger partial charge is 0.507 e. The third-order valence-electron chi connectivity index (χ3n) is 2.96. The number of hydrogen-bond acceptors (Lipinski definition) is 8. The van der Waals surface area contributed by atoms with Crippen molar-refractivity contribution in [1.82, 2.24) is 4.83 Å². The highest BCUT2D eigenvalue weighted by Crippen LogP contribution is 2.21. The summed E-state index contributed by atoms with van der Waals surface area (Å²) in [5.41, 5.74) is -0.651. The van der Waals surface area contributed by atoms with Gasteiger partial charge in [-0.15, -0.1) is 0 Å². The average Bonchev–Trinajstić information content (AvgIpc) is 2.56. The topological polar surface area (TPSA) is 165 Å². The Labute approximate surface area is 140 Å². The Hall–Kier alpha value is -3.54. The van der Waals surface area contributed by atoms with Crippen LogP contribution in [0.25, 0.3) is 0 Å². The SMILES string of the molecule is O=[N+]([O-])c1ccc(S(=O)(=O)NN=Cc2cc([N+](=O)[O-])ccc2O)cc1. The highest BCUT2D eigenvalue weighted by molar-refractivity contribution is 7.89. The van der Waals surface area contributed by atoms with Gasteiger partial charge in [-0.2, -0.15) is 13.5 Å². The zero-order valence-corrected chi connectivity index (χ0v) is 13.1. The van der Waals surface area contributed by atoms with Gasteiger partial charge < -0.3 is 5.11 Å². The van der Waals surface area contributed by atoms with Crippen molar-refractivity contribution in [3.63, 3.8) is 0 Å². The van der Waals surface area contributed by atoms with Crippen LogP contribution < -0.4 is 4.83 Å². The minimum atomic E-state index is -4.10. The lowest BCUT2D eigenvalue weighted by molar-refractivity contribution is -0.385. The molecule has 2 aromatic carbocycles. The van der Waals surface area contributed by atoms with E-state index in [0.717, 1.165) is 48.7 Å². The molecule has 0 bridgehead atoms. The molecule has 0 unspecified atom stereocenters. The lowest BCUT2D eigenvalue weighted by Crippen LogP contribution is -2.18. The monoisotopic (exact) mass is 366 g/mol. The molecule has 0 aromatic heterocycles. The number of rotatable bonds is 6. The first-order valence-electron chi connectivity index (χ1n) is 6.47. The van der Waals surface area contributed by atoms with Crippen LogP contribution in [0.2, 0.25) is 0 Å². The van der Waals surface area contributed by atoms with Crippen molar-refractivity contribution in [1.29, 1.82) is 0 Å². The zero-order valence-electron chi connectivity index (χ0n) is 12.3. The van der Waals surface area contributed by atoms with E-state index in [-0.39, 0.29) is 27.6 Å². The molecule has 0 saturated heterocycles. The van der Waals surface area contributed by atoms with Crippen LogP contribution in [0.1, 0.15) is 5.56 Å². The Bertz CT molecular complexity index is 955. The van der Waals surface area contributed by atoms with E-state index in [1.165, 1.54) is 0 Å². The number of nitrogens with one attached hydrogen (secondary N) is 1. The summed E-state index contributed by atoms with van der Waals surface area (Å²) in [4.78, 5) is 21.4. The molecular weight excluding hydrogens is 356 g/mol. The maximum Gasteiger partial charge on any atom is 0.276 e. The van der Waals surface area contributed by atoms with Gasteiger partial charge >= 0.3 is 0 Å². The Morgan fingerprint density at radius 2 is 1.56 bits per heavy atom. The van der Waals surface area contributed by atoms with Crippen LogP contribution in [-0.4, -0.2) is 29.6 Å². The number of non-ortho nitro benzene ring substituents is 2. The number of nitro groups is 2. The average molecular weight is 366 g/mol. The molecule has 12 heteroatoms. The van der Waals surface area contributed by atoms with Crippen molar-refractivity contribution in [3.05, 3.63) is 68.3 Å². The van der Waals surface area contributed by atoms with Gasteiger partial charge in [0.15, 0.2) is 0 Å². The summed E-state index contributed by atoms with van der Waals surface area (Å²) in [6.07, 6.45) is 0.894. The highest BCUT2D eigenvalue weighted by Gasteiger charge is 2.15. The normalized spacial score (nSPS) is 11.4. The van der Waals surface area contributed by atoms with Gasteiger partial charge in [-0.05, 0) is 18.2 Å². The number of sulfonamides is 1. The smallest absolute Gasteiger partial charge is 0.276 e. The Morgan fingerprint density at radius 3 is 2.12 bits per heavy atom. The molecule has 11 nitrogen and oxygen atoms in total. The van der Waals surface area contributed by atoms with E-state index in [4.69, 9.17) is 0 Å².